The van der Waals surface area contributed by atoms with Gasteiger partial charge in [-0.1, -0.05) is 12.1 Å². The summed E-state index contributed by atoms with van der Waals surface area (Å²) in [5.74, 6) is 0.722. The van der Waals surface area contributed by atoms with Gasteiger partial charge in [-0.3, -0.25) is 4.90 Å². The highest BCUT2D eigenvalue weighted by molar-refractivity contribution is 7.71. The smallest absolute Gasteiger partial charge is 0.222 e. The van der Waals surface area contributed by atoms with Crippen LogP contribution in [0.2, 0.25) is 0 Å². The average molecular weight is 374 g/mol. The molecule has 0 saturated carbocycles. The van der Waals surface area contributed by atoms with Gasteiger partial charge in [-0.05, 0) is 65.1 Å². The number of tetrazole rings is 1. The lowest BCUT2D eigenvalue weighted by Crippen LogP contribution is -2.35. The molecule has 130 valence electrons. The van der Waals surface area contributed by atoms with Crippen molar-refractivity contribution in [2.75, 3.05) is 13.7 Å². The summed E-state index contributed by atoms with van der Waals surface area (Å²) in [5.41, 5.74) is 2.22. The molecule has 0 radical (unpaired) electrons. The van der Waals surface area contributed by atoms with E-state index in [0.717, 1.165) is 24.4 Å². The molecule has 0 amide bonds. The van der Waals surface area contributed by atoms with Crippen molar-refractivity contribution in [1.29, 1.82) is 0 Å². The Hall–Kier alpha value is -2.03. The molecule has 0 bridgehead atoms. The second-order valence-corrected chi connectivity index (χ2v) is 7.39. The van der Waals surface area contributed by atoms with E-state index in [2.05, 4.69) is 33.7 Å². The summed E-state index contributed by atoms with van der Waals surface area (Å²) in [5, 5.41) is 10.7. The first-order valence-corrected chi connectivity index (χ1v) is 9.44. The topological polar surface area (TPSA) is 48.1 Å². The Kier molecular flexibility index (Phi) is 4.41. The van der Waals surface area contributed by atoms with E-state index in [-0.39, 0.29) is 0 Å². The second kappa shape index (κ2) is 6.70. The Morgan fingerprint density at radius 3 is 2.96 bits per heavy atom. The van der Waals surface area contributed by atoms with Gasteiger partial charge in [0.25, 0.3) is 0 Å². The highest BCUT2D eigenvalue weighted by Gasteiger charge is 2.25. The van der Waals surface area contributed by atoms with Crippen LogP contribution in [-0.2, 0) is 13.1 Å². The van der Waals surface area contributed by atoms with Gasteiger partial charge in [0.2, 0.25) is 4.77 Å². The Morgan fingerprint density at radius 2 is 2.12 bits per heavy atom. The summed E-state index contributed by atoms with van der Waals surface area (Å²) in [6, 6.07) is 10.2. The van der Waals surface area contributed by atoms with Crippen LogP contribution < -0.4 is 4.74 Å². The zero-order chi connectivity index (χ0) is 17.4. The average Bonchev–Trinajstić information content (AvgIpc) is 3.25. The standard InChI is InChI=1S/C17H19N5OS2/c1-12-13-8-10-25-16(13)7-9-20(12)11-21-17(24)22(19-18-21)14-5-3-4-6-15(14)23-2/h3-6,8,10,12H,7,9,11H2,1-2H3/t12-/m0/s1. The predicted octanol–water partition coefficient (Wildman–Crippen LogP) is 3.45. The lowest BCUT2D eigenvalue weighted by Gasteiger charge is -2.32. The van der Waals surface area contributed by atoms with Crippen molar-refractivity contribution in [2.45, 2.75) is 26.1 Å². The van der Waals surface area contributed by atoms with Crippen LogP contribution in [0.25, 0.3) is 5.69 Å². The lowest BCUT2D eigenvalue weighted by molar-refractivity contribution is 0.143. The van der Waals surface area contributed by atoms with Gasteiger partial charge in [-0.15, -0.1) is 11.3 Å². The highest BCUT2D eigenvalue weighted by Crippen LogP contribution is 2.33. The molecule has 1 aliphatic rings. The van der Waals surface area contributed by atoms with E-state index < -0.39 is 0 Å². The number of hydrogen-bond acceptors (Lipinski definition) is 6. The van der Waals surface area contributed by atoms with Crippen molar-refractivity contribution in [3.05, 3.63) is 50.9 Å². The van der Waals surface area contributed by atoms with Gasteiger partial charge in [0.05, 0.1) is 13.8 Å². The van der Waals surface area contributed by atoms with Gasteiger partial charge in [-0.25, -0.2) is 4.68 Å². The minimum Gasteiger partial charge on any atom is -0.494 e. The van der Waals surface area contributed by atoms with Crippen molar-refractivity contribution in [2.24, 2.45) is 0 Å². The van der Waals surface area contributed by atoms with E-state index in [1.807, 2.05) is 35.6 Å². The van der Waals surface area contributed by atoms with Gasteiger partial charge in [0.1, 0.15) is 11.4 Å². The van der Waals surface area contributed by atoms with E-state index >= 15 is 0 Å². The molecule has 0 unspecified atom stereocenters. The normalized spacial score (nSPS) is 17.4. The maximum atomic E-state index is 5.60. The van der Waals surface area contributed by atoms with Crippen LogP contribution in [0.1, 0.15) is 23.4 Å². The molecule has 6 nitrogen and oxygen atoms in total. The van der Waals surface area contributed by atoms with Gasteiger partial charge in [0, 0.05) is 17.5 Å². The Balaban J connectivity index is 1.61. The maximum absolute atomic E-state index is 5.60. The second-order valence-electron chi connectivity index (χ2n) is 6.02. The molecule has 0 fully saturated rings. The van der Waals surface area contributed by atoms with Gasteiger partial charge in [-0.2, -0.15) is 4.68 Å². The number of ether oxygens (including phenoxy) is 1. The summed E-state index contributed by atoms with van der Waals surface area (Å²) in [7, 11) is 1.64. The Labute approximate surface area is 155 Å². The number of para-hydroxylation sites is 2. The first-order chi connectivity index (χ1) is 12.2. The first kappa shape index (κ1) is 16.4. The molecular weight excluding hydrogens is 354 g/mol. The van der Waals surface area contributed by atoms with Crippen LogP contribution in [0.3, 0.4) is 0 Å². The molecule has 0 aliphatic carbocycles. The summed E-state index contributed by atoms with van der Waals surface area (Å²) in [6.45, 7) is 3.86. The molecule has 8 heteroatoms. The van der Waals surface area contributed by atoms with Gasteiger partial charge < -0.3 is 4.74 Å². The summed E-state index contributed by atoms with van der Waals surface area (Å²) < 4.78 is 9.40. The van der Waals surface area contributed by atoms with Crippen molar-refractivity contribution in [1.82, 2.24) is 24.7 Å². The lowest BCUT2D eigenvalue weighted by atomic mass is 10.0. The van der Waals surface area contributed by atoms with Crippen molar-refractivity contribution < 1.29 is 4.74 Å². The molecule has 1 atom stereocenters. The molecule has 0 saturated heterocycles. The maximum Gasteiger partial charge on any atom is 0.222 e. The third kappa shape index (κ3) is 2.90. The third-order valence-corrected chi connectivity index (χ3v) is 6.05. The van der Waals surface area contributed by atoms with E-state index in [1.54, 1.807) is 16.5 Å². The molecular formula is C17H19N5OS2. The number of rotatable bonds is 4. The van der Waals surface area contributed by atoms with E-state index in [0.29, 0.717) is 17.5 Å². The quantitative estimate of drug-likeness (QED) is 0.656. The molecule has 2 aromatic heterocycles. The molecule has 0 N–H and O–H groups in total. The number of nitrogens with zero attached hydrogens (tertiary/aromatic N) is 5. The first-order valence-electron chi connectivity index (χ1n) is 8.15. The van der Waals surface area contributed by atoms with Crippen molar-refractivity contribution in [3.63, 3.8) is 0 Å². The summed E-state index contributed by atoms with van der Waals surface area (Å²) >= 11 is 7.45. The van der Waals surface area contributed by atoms with E-state index in [4.69, 9.17) is 17.0 Å². The molecule has 4 rings (SSSR count). The molecule has 1 aromatic carbocycles. The van der Waals surface area contributed by atoms with E-state index in [1.165, 1.54) is 10.4 Å². The Bertz CT molecular complexity index is 944. The van der Waals surface area contributed by atoms with Crippen LogP contribution in [0, 0.1) is 4.77 Å². The highest BCUT2D eigenvalue weighted by atomic mass is 32.1. The number of fused-ring (bicyclic) bond motifs is 1. The number of hydrogen-bond donors (Lipinski definition) is 0. The third-order valence-electron chi connectivity index (χ3n) is 4.67. The fraction of sp³-hybridized carbons (Fsp3) is 0.353. The number of methoxy groups -OCH3 is 1. The monoisotopic (exact) mass is 373 g/mol. The van der Waals surface area contributed by atoms with Gasteiger partial charge in [0.15, 0.2) is 0 Å². The minimum atomic E-state index is 0.355. The summed E-state index contributed by atoms with van der Waals surface area (Å²) in [4.78, 5) is 3.87. The zero-order valence-electron chi connectivity index (χ0n) is 14.1. The molecule has 3 heterocycles. The van der Waals surface area contributed by atoms with Crippen molar-refractivity contribution >= 4 is 23.6 Å². The number of aromatic nitrogens is 4. The molecule has 3 aromatic rings. The van der Waals surface area contributed by atoms with Crippen LogP contribution >= 0.6 is 23.6 Å². The zero-order valence-corrected chi connectivity index (χ0v) is 15.8. The van der Waals surface area contributed by atoms with Crippen molar-refractivity contribution in [3.8, 4) is 11.4 Å². The number of benzene rings is 1. The van der Waals surface area contributed by atoms with Gasteiger partial charge >= 0.3 is 0 Å². The minimum absolute atomic E-state index is 0.355. The largest absolute Gasteiger partial charge is 0.494 e. The number of thiophene rings is 1. The summed E-state index contributed by atoms with van der Waals surface area (Å²) in [6.07, 6.45) is 1.07. The fourth-order valence-electron chi connectivity index (χ4n) is 3.25. The predicted molar refractivity (Wildman–Crippen MR) is 99.9 cm³/mol. The SMILES string of the molecule is COc1ccccc1-n1nnn(CN2CCc3sccc3[C@@H]2C)c1=S. The Morgan fingerprint density at radius 1 is 1.28 bits per heavy atom. The van der Waals surface area contributed by atoms with E-state index in [9.17, 15) is 0 Å². The van der Waals surface area contributed by atoms with Crippen LogP contribution in [0.4, 0.5) is 0 Å². The van der Waals surface area contributed by atoms with Crippen LogP contribution in [0.15, 0.2) is 35.7 Å². The fourth-order valence-corrected chi connectivity index (χ4v) is 4.44. The molecule has 0 spiro atoms. The molecule has 25 heavy (non-hydrogen) atoms. The molecule has 1 aliphatic heterocycles. The van der Waals surface area contributed by atoms with Crippen LogP contribution in [0.5, 0.6) is 5.75 Å². The van der Waals surface area contributed by atoms with Crippen LogP contribution in [-0.4, -0.2) is 38.3 Å².